The molecule has 0 aliphatic heterocycles. The number of anilines is 2. The highest BCUT2D eigenvalue weighted by Crippen LogP contribution is 2.38. The lowest BCUT2D eigenvalue weighted by molar-refractivity contribution is 0.0592. The molecule has 0 bridgehead atoms. The van der Waals surface area contributed by atoms with E-state index in [9.17, 15) is 14.7 Å². The minimum atomic E-state index is -0.626. The summed E-state index contributed by atoms with van der Waals surface area (Å²) in [4.78, 5) is 24.8. The van der Waals surface area contributed by atoms with Crippen molar-refractivity contribution in [1.29, 1.82) is 0 Å². The number of methoxy groups -OCH3 is 2. The summed E-state index contributed by atoms with van der Waals surface area (Å²) in [6.45, 7) is 0. The van der Waals surface area contributed by atoms with Crippen LogP contribution in [0.1, 0.15) is 20.7 Å². The van der Waals surface area contributed by atoms with Gasteiger partial charge in [-0.05, 0) is 23.8 Å². The van der Waals surface area contributed by atoms with Crippen LogP contribution in [0.25, 0.3) is 22.4 Å². The lowest BCUT2D eigenvalue weighted by atomic mass is 9.95. The zero-order valence-electron chi connectivity index (χ0n) is 18.5. The molecule has 1 aromatic heterocycles. The number of aromatic nitrogens is 2. The van der Waals surface area contributed by atoms with Crippen molar-refractivity contribution in [2.24, 2.45) is 0 Å². The number of ether oxygens (including phenoxy) is 2. The summed E-state index contributed by atoms with van der Waals surface area (Å²) in [7, 11) is 2.54. The fourth-order valence-electron chi connectivity index (χ4n) is 3.52. The average molecular weight is 455 g/mol. The van der Waals surface area contributed by atoms with Crippen LogP contribution in [0.15, 0.2) is 78.9 Å². The number of esters is 2. The Labute approximate surface area is 195 Å². The number of nitrogens with one attached hydrogen (secondary N) is 1. The summed E-state index contributed by atoms with van der Waals surface area (Å²) in [5, 5.41) is 22.1. The molecule has 0 radical (unpaired) electrons. The van der Waals surface area contributed by atoms with E-state index in [1.807, 2.05) is 60.7 Å². The van der Waals surface area contributed by atoms with E-state index in [-0.39, 0.29) is 28.4 Å². The number of phenols is 1. The zero-order chi connectivity index (χ0) is 24.1. The number of rotatable bonds is 6. The molecule has 0 saturated carbocycles. The predicted molar refractivity (Wildman–Crippen MR) is 127 cm³/mol. The first-order valence-electron chi connectivity index (χ1n) is 10.3. The smallest absolute Gasteiger partial charge is 0.342 e. The minimum absolute atomic E-state index is 0.0894. The number of carbonyl (C=O) groups is 2. The Balaban J connectivity index is 1.91. The topological polar surface area (TPSA) is 111 Å². The van der Waals surface area contributed by atoms with Gasteiger partial charge in [0.05, 0.1) is 25.5 Å². The third-order valence-electron chi connectivity index (χ3n) is 5.14. The van der Waals surface area contributed by atoms with Crippen LogP contribution in [-0.2, 0) is 9.47 Å². The first-order valence-corrected chi connectivity index (χ1v) is 10.3. The second kappa shape index (κ2) is 9.83. The Bertz CT molecular complexity index is 1340. The molecule has 8 nitrogen and oxygen atoms in total. The molecule has 1 heterocycles. The first kappa shape index (κ1) is 22.5. The molecule has 4 rings (SSSR count). The summed E-state index contributed by atoms with van der Waals surface area (Å²) in [5.74, 6) is -1.35. The molecule has 3 aromatic carbocycles. The largest absolute Gasteiger partial charge is 0.506 e. The van der Waals surface area contributed by atoms with Crippen molar-refractivity contribution in [2.75, 3.05) is 19.5 Å². The maximum Gasteiger partial charge on any atom is 0.342 e. The Kier molecular flexibility index (Phi) is 6.49. The third-order valence-corrected chi connectivity index (χ3v) is 5.14. The quantitative estimate of drug-likeness (QED) is 0.314. The van der Waals surface area contributed by atoms with Gasteiger partial charge in [0.1, 0.15) is 17.0 Å². The van der Waals surface area contributed by atoms with Gasteiger partial charge in [0.15, 0.2) is 5.82 Å². The molecule has 8 heteroatoms. The van der Waals surface area contributed by atoms with Crippen LogP contribution in [0.4, 0.5) is 11.5 Å². The van der Waals surface area contributed by atoms with E-state index in [2.05, 4.69) is 20.3 Å². The molecule has 0 aliphatic rings. The number of hydrogen-bond donors (Lipinski definition) is 2. The van der Waals surface area contributed by atoms with E-state index >= 15 is 0 Å². The number of phenolic OH excluding ortho intramolecular Hbond substituents is 1. The number of aromatic hydroxyl groups is 1. The molecule has 2 N–H and O–H groups in total. The highest BCUT2D eigenvalue weighted by molar-refractivity contribution is 6.05. The molecule has 0 amide bonds. The summed E-state index contributed by atoms with van der Waals surface area (Å²) < 4.78 is 9.77. The maximum absolute atomic E-state index is 13.0. The van der Waals surface area contributed by atoms with E-state index < -0.39 is 11.9 Å². The number of nitrogens with zero attached hydrogens (tertiary/aromatic N) is 2. The summed E-state index contributed by atoms with van der Waals surface area (Å²) in [6.07, 6.45) is 0. The van der Waals surface area contributed by atoms with Crippen LogP contribution in [0.3, 0.4) is 0 Å². The Morgan fingerprint density at radius 3 is 2.00 bits per heavy atom. The second-order valence-corrected chi connectivity index (χ2v) is 7.22. The molecule has 34 heavy (non-hydrogen) atoms. The summed E-state index contributed by atoms with van der Waals surface area (Å²) in [5.41, 5.74) is 3.09. The minimum Gasteiger partial charge on any atom is -0.506 e. The third kappa shape index (κ3) is 4.42. The van der Waals surface area contributed by atoms with Gasteiger partial charge in [0.25, 0.3) is 0 Å². The maximum atomic E-state index is 13.0. The fraction of sp³-hybridized carbons (Fsp3) is 0.0769. The monoisotopic (exact) mass is 455 g/mol. The lowest BCUT2D eigenvalue weighted by Gasteiger charge is -2.17. The summed E-state index contributed by atoms with van der Waals surface area (Å²) in [6, 6.07) is 22.9. The van der Waals surface area contributed by atoms with E-state index in [0.717, 1.165) is 11.1 Å². The molecular formula is C26H21N3O5. The predicted octanol–water partition coefficient (Wildman–Crippen LogP) is 4.83. The Hall–Kier alpha value is -4.72. The lowest BCUT2D eigenvalue weighted by Crippen LogP contribution is -2.12. The number of carbonyl (C=O) groups excluding carboxylic acids is 2. The van der Waals surface area contributed by atoms with E-state index in [1.54, 1.807) is 0 Å². The highest BCUT2D eigenvalue weighted by Gasteiger charge is 2.26. The van der Waals surface area contributed by atoms with Gasteiger partial charge < -0.3 is 19.9 Å². The molecule has 170 valence electrons. The van der Waals surface area contributed by atoms with Gasteiger partial charge in [-0.15, -0.1) is 10.2 Å². The van der Waals surface area contributed by atoms with Gasteiger partial charge in [-0.2, -0.15) is 0 Å². The van der Waals surface area contributed by atoms with E-state index in [1.165, 1.54) is 32.4 Å². The van der Waals surface area contributed by atoms with Crippen molar-refractivity contribution in [3.63, 3.8) is 0 Å². The second-order valence-electron chi connectivity index (χ2n) is 7.22. The standard InChI is InChI=1S/C26H21N3O5/c1-33-25(31)18-13-14-19(20(30)15-18)27-24-22(26(32)34-2)21(16-9-5-3-6-10-16)23(28-29-24)17-11-7-4-8-12-17/h3-15,30H,1-2H3,(H,27,29). The molecule has 0 aliphatic carbocycles. The van der Waals surface area contributed by atoms with E-state index in [0.29, 0.717) is 11.3 Å². The van der Waals surface area contributed by atoms with Gasteiger partial charge in [-0.25, -0.2) is 9.59 Å². The van der Waals surface area contributed by atoms with Crippen LogP contribution in [-0.4, -0.2) is 41.5 Å². The van der Waals surface area contributed by atoms with Gasteiger partial charge in [0.2, 0.25) is 0 Å². The first-order chi connectivity index (χ1) is 16.5. The molecule has 4 aromatic rings. The van der Waals surface area contributed by atoms with Crippen molar-refractivity contribution in [2.45, 2.75) is 0 Å². The molecule has 0 fully saturated rings. The zero-order valence-corrected chi connectivity index (χ0v) is 18.5. The molecule has 0 unspecified atom stereocenters. The highest BCUT2D eigenvalue weighted by atomic mass is 16.5. The number of hydrogen-bond acceptors (Lipinski definition) is 8. The van der Waals surface area contributed by atoms with Crippen molar-refractivity contribution in [3.8, 4) is 28.1 Å². The van der Waals surface area contributed by atoms with Gasteiger partial charge in [0, 0.05) is 11.1 Å². The van der Waals surface area contributed by atoms with Crippen LogP contribution in [0, 0.1) is 0 Å². The SMILES string of the molecule is COC(=O)c1ccc(Nc2nnc(-c3ccccc3)c(-c3ccccc3)c2C(=O)OC)c(O)c1. The summed E-state index contributed by atoms with van der Waals surface area (Å²) >= 11 is 0. The van der Waals surface area contributed by atoms with Crippen molar-refractivity contribution < 1.29 is 24.2 Å². The van der Waals surface area contributed by atoms with Crippen LogP contribution < -0.4 is 5.32 Å². The molecule has 0 saturated heterocycles. The average Bonchev–Trinajstić information content (AvgIpc) is 2.89. The van der Waals surface area contributed by atoms with E-state index in [4.69, 9.17) is 4.74 Å². The van der Waals surface area contributed by atoms with Gasteiger partial charge in [-0.1, -0.05) is 60.7 Å². The molecule has 0 spiro atoms. The Morgan fingerprint density at radius 1 is 0.794 bits per heavy atom. The van der Waals surface area contributed by atoms with Gasteiger partial charge >= 0.3 is 11.9 Å². The van der Waals surface area contributed by atoms with Crippen molar-refractivity contribution in [3.05, 3.63) is 90.0 Å². The normalized spacial score (nSPS) is 10.4. The van der Waals surface area contributed by atoms with Gasteiger partial charge in [-0.3, -0.25) is 0 Å². The van der Waals surface area contributed by atoms with Crippen LogP contribution >= 0.6 is 0 Å². The molecular weight excluding hydrogens is 434 g/mol. The van der Waals surface area contributed by atoms with Crippen molar-refractivity contribution in [1.82, 2.24) is 10.2 Å². The van der Waals surface area contributed by atoms with Crippen LogP contribution in [0.2, 0.25) is 0 Å². The number of benzene rings is 3. The molecule has 0 atom stereocenters. The van der Waals surface area contributed by atoms with Crippen molar-refractivity contribution >= 4 is 23.4 Å². The Morgan fingerprint density at radius 2 is 1.41 bits per heavy atom. The fourth-order valence-corrected chi connectivity index (χ4v) is 3.52. The van der Waals surface area contributed by atoms with Crippen LogP contribution in [0.5, 0.6) is 5.75 Å².